The molecular formula is C13H11BrF3N3. The fourth-order valence-electron chi connectivity index (χ4n) is 1.63. The molecule has 3 nitrogen and oxygen atoms in total. The lowest BCUT2D eigenvalue weighted by Crippen LogP contribution is -2.12. The minimum Gasteiger partial charge on any atom is -0.354 e. The summed E-state index contributed by atoms with van der Waals surface area (Å²) in [7, 11) is 0. The van der Waals surface area contributed by atoms with Gasteiger partial charge in [0.25, 0.3) is 0 Å². The Kier molecular flexibility index (Phi) is 4.27. The molecule has 1 N–H and O–H groups in total. The van der Waals surface area contributed by atoms with E-state index in [1.807, 2.05) is 0 Å². The summed E-state index contributed by atoms with van der Waals surface area (Å²) >= 11 is 3.29. The Bertz CT molecular complexity index is 614. The van der Waals surface area contributed by atoms with Gasteiger partial charge in [0.15, 0.2) is 5.69 Å². The lowest BCUT2D eigenvalue weighted by Gasteiger charge is -2.11. The summed E-state index contributed by atoms with van der Waals surface area (Å²) in [5.41, 5.74) is -0.144. The van der Waals surface area contributed by atoms with Crippen LogP contribution in [0.2, 0.25) is 0 Å². The van der Waals surface area contributed by atoms with Crippen LogP contribution in [0.25, 0.3) is 11.3 Å². The first-order chi connectivity index (χ1) is 9.40. The normalized spacial score (nSPS) is 11.4. The molecule has 1 aromatic heterocycles. The molecule has 0 fully saturated rings. The number of alkyl halides is 3. The Morgan fingerprint density at radius 2 is 1.95 bits per heavy atom. The molecule has 0 aliphatic heterocycles. The Balaban J connectivity index is 2.54. The van der Waals surface area contributed by atoms with E-state index in [2.05, 4.69) is 31.2 Å². The largest absolute Gasteiger partial charge is 0.433 e. The van der Waals surface area contributed by atoms with E-state index in [-0.39, 0.29) is 11.6 Å². The van der Waals surface area contributed by atoms with Crippen molar-refractivity contribution in [3.63, 3.8) is 0 Å². The summed E-state index contributed by atoms with van der Waals surface area (Å²) in [6, 6.07) is 7.88. The molecule has 106 valence electrons. The van der Waals surface area contributed by atoms with Crippen LogP contribution in [0.15, 0.2) is 34.8 Å². The number of halogens is 4. The summed E-state index contributed by atoms with van der Waals surface area (Å²) in [4.78, 5) is 7.59. The van der Waals surface area contributed by atoms with Crippen LogP contribution in [-0.2, 0) is 6.18 Å². The van der Waals surface area contributed by atoms with E-state index >= 15 is 0 Å². The molecule has 0 radical (unpaired) electrons. The van der Waals surface area contributed by atoms with E-state index in [4.69, 9.17) is 0 Å². The molecule has 1 aromatic carbocycles. The first-order valence-corrected chi connectivity index (χ1v) is 6.65. The van der Waals surface area contributed by atoms with Crippen molar-refractivity contribution in [2.75, 3.05) is 11.9 Å². The summed E-state index contributed by atoms with van der Waals surface area (Å²) in [5, 5.41) is 2.71. The molecule has 2 aromatic rings. The van der Waals surface area contributed by atoms with Gasteiger partial charge in [-0.05, 0) is 25.1 Å². The maximum atomic E-state index is 12.9. The van der Waals surface area contributed by atoms with E-state index in [0.29, 0.717) is 12.1 Å². The average molecular weight is 346 g/mol. The van der Waals surface area contributed by atoms with Gasteiger partial charge >= 0.3 is 6.18 Å². The van der Waals surface area contributed by atoms with Gasteiger partial charge in [0.05, 0.1) is 5.69 Å². The Morgan fingerprint density at radius 1 is 1.20 bits per heavy atom. The highest BCUT2D eigenvalue weighted by Gasteiger charge is 2.33. The summed E-state index contributed by atoms with van der Waals surface area (Å²) in [6.45, 7) is 2.21. The lowest BCUT2D eigenvalue weighted by atomic mass is 10.1. The molecule has 0 amide bonds. The van der Waals surface area contributed by atoms with E-state index in [9.17, 15) is 13.2 Å². The number of nitrogens with zero attached hydrogens (tertiary/aromatic N) is 2. The minimum absolute atomic E-state index is 0.0303. The number of rotatable bonds is 3. The molecule has 20 heavy (non-hydrogen) atoms. The fraction of sp³-hybridized carbons (Fsp3) is 0.231. The van der Waals surface area contributed by atoms with Gasteiger partial charge < -0.3 is 5.32 Å². The summed E-state index contributed by atoms with van der Waals surface area (Å²) in [6.07, 6.45) is -4.51. The van der Waals surface area contributed by atoms with Gasteiger partial charge in [-0.1, -0.05) is 28.1 Å². The van der Waals surface area contributed by atoms with E-state index in [1.165, 1.54) is 0 Å². The van der Waals surface area contributed by atoms with Crippen LogP contribution in [0.1, 0.15) is 12.6 Å². The standard InChI is InChI=1S/C13H11BrF3N3/c1-2-18-12-19-10(7-11(20-12)13(15,16)17)8-4-3-5-9(14)6-8/h3-7H,2H2,1H3,(H,18,19,20). The lowest BCUT2D eigenvalue weighted by molar-refractivity contribution is -0.141. The maximum Gasteiger partial charge on any atom is 0.433 e. The zero-order valence-electron chi connectivity index (χ0n) is 10.5. The van der Waals surface area contributed by atoms with Gasteiger partial charge in [-0.3, -0.25) is 0 Å². The quantitative estimate of drug-likeness (QED) is 0.898. The number of hydrogen-bond donors (Lipinski definition) is 1. The molecule has 0 aliphatic rings. The third kappa shape index (κ3) is 3.47. The SMILES string of the molecule is CCNc1nc(-c2cccc(Br)c2)cc(C(F)(F)F)n1. The van der Waals surface area contributed by atoms with Gasteiger partial charge in [-0.15, -0.1) is 0 Å². The highest BCUT2D eigenvalue weighted by atomic mass is 79.9. The number of anilines is 1. The van der Waals surface area contributed by atoms with Crippen LogP contribution in [0.3, 0.4) is 0 Å². The van der Waals surface area contributed by atoms with Gasteiger partial charge in [0.2, 0.25) is 5.95 Å². The van der Waals surface area contributed by atoms with E-state index in [0.717, 1.165) is 10.5 Å². The van der Waals surface area contributed by atoms with Crippen molar-refractivity contribution in [1.29, 1.82) is 0 Å². The van der Waals surface area contributed by atoms with Crippen molar-refractivity contribution < 1.29 is 13.2 Å². The number of benzene rings is 1. The Morgan fingerprint density at radius 3 is 2.55 bits per heavy atom. The fourth-order valence-corrected chi connectivity index (χ4v) is 2.02. The molecule has 1 heterocycles. The average Bonchev–Trinajstić information content (AvgIpc) is 2.38. The number of hydrogen-bond acceptors (Lipinski definition) is 3. The van der Waals surface area contributed by atoms with Gasteiger partial charge in [-0.2, -0.15) is 13.2 Å². The Labute approximate surface area is 122 Å². The second-order valence-electron chi connectivity index (χ2n) is 4.00. The third-order valence-corrected chi connectivity index (χ3v) is 2.97. The molecule has 0 atom stereocenters. The van der Waals surface area contributed by atoms with Crippen molar-refractivity contribution >= 4 is 21.9 Å². The molecular weight excluding hydrogens is 335 g/mol. The third-order valence-electron chi connectivity index (χ3n) is 2.47. The molecule has 0 unspecified atom stereocenters. The van der Waals surface area contributed by atoms with Gasteiger partial charge in [0, 0.05) is 16.6 Å². The van der Waals surface area contributed by atoms with Crippen molar-refractivity contribution in [2.24, 2.45) is 0 Å². The zero-order chi connectivity index (χ0) is 14.8. The van der Waals surface area contributed by atoms with Gasteiger partial charge in [-0.25, -0.2) is 9.97 Å². The molecule has 0 spiro atoms. The van der Waals surface area contributed by atoms with Crippen molar-refractivity contribution in [3.05, 3.63) is 40.5 Å². The predicted molar refractivity (Wildman–Crippen MR) is 74.3 cm³/mol. The molecule has 0 saturated heterocycles. The van der Waals surface area contributed by atoms with Crippen molar-refractivity contribution in [1.82, 2.24) is 9.97 Å². The summed E-state index contributed by atoms with van der Waals surface area (Å²) in [5.74, 6) is -0.0303. The topological polar surface area (TPSA) is 37.8 Å². The Hall–Kier alpha value is -1.63. The molecule has 0 aliphatic carbocycles. The van der Waals surface area contributed by atoms with Gasteiger partial charge in [0.1, 0.15) is 0 Å². The smallest absolute Gasteiger partial charge is 0.354 e. The van der Waals surface area contributed by atoms with Crippen molar-refractivity contribution in [2.45, 2.75) is 13.1 Å². The second kappa shape index (κ2) is 5.78. The van der Waals surface area contributed by atoms with Crippen molar-refractivity contribution in [3.8, 4) is 11.3 Å². The van der Waals surface area contributed by atoms with E-state index in [1.54, 1.807) is 31.2 Å². The van der Waals surface area contributed by atoms with Crippen LogP contribution in [0.5, 0.6) is 0 Å². The number of nitrogens with one attached hydrogen (secondary N) is 1. The highest BCUT2D eigenvalue weighted by Crippen LogP contribution is 2.31. The highest BCUT2D eigenvalue weighted by molar-refractivity contribution is 9.10. The minimum atomic E-state index is -4.51. The first kappa shape index (κ1) is 14.8. The molecule has 2 rings (SSSR count). The van der Waals surface area contributed by atoms with Crippen LogP contribution < -0.4 is 5.32 Å². The molecule has 7 heteroatoms. The summed E-state index contributed by atoms with van der Waals surface area (Å²) < 4.78 is 39.3. The first-order valence-electron chi connectivity index (χ1n) is 5.86. The second-order valence-corrected chi connectivity index (χ2v) is 4.92. The molecule has 0 saturated carbocycles. The van der Waals surface area contributed by atoms with Crippen LogP contribution >= 0.6 is 15.9 Å². The maximum absolute atomic E-state index is 12.9. The zero-order valence-corrected chi connectivity index (χ0v) is 12.1. The molecule has 0 bridgehead atoms. The van der Waals surface area contributed by atoms with Crippen LogP contribution in [0, 0.1) is 0 Å². The van der Waals surface area contributed by atoms with E-state index < -0.39 is 11.9 Å². The predicted octanol–water partition coefficient (Wildman–Crippen LogP) is 4.36. The monoisotopic (exact) mass is 345 g/mol. The number of aromatic nitrogens is 2. The van der Waals surface area contributed by atoms with Crippen LogP contribution in [0.4, 0.5) is 19.1 Å². The van der Waals surface area contributed by atoms with Crippen LogP contribution in [-0.4, -0.2) is 16.5 Å².